The summed E-state index contributed by atoms with van der Waals surface area (Å²) in [5, 5.41) is 9.24. The Hall–Kier alpha value is -3.79. The molecule has 31 heavy (non-hydrogen) atoms. The van der Waals surface area contributed by atoms with E-state index in [4.69, 9.17) is 0 Å². The molecule has 0 aliphatic carbocycles. The molecule has 0 spiro atoms. The van der Waals surface area contributed by atoms with Gasteiger partial charge in [-0.05, 0) is 43.0 Å². The molecule has 154 valence electrons. The Kier molecular flexibility index (Phi) is 5.04. The number of aromatic nitrogens is 3. The van der Waals surface area contributed by atoms with E-state index < -0.39 is 0 Å². The van der Waals surface area contributed by atoms with Gasteiger partial charge in [0.15, 0.2) is 5.82 Å². The lowest BCUT2D eigenvalue weighted by Crippen LogP contribution is -2.50. The summed E-state index contributed by atoms with van der Waals surface area (Å²) in [7, 11) is 0. The lowest BCUT2D eigenvalue weighted by atomic mass is 9.91. The second kappa shape index (κ2) is 8.15. The summed E-state index contributed by atoms with van der Waals surface area (Å²) in [5.41, 5.74) is 1.98. The van der Waals surface area contributed by atoms with Crippen molar-refractivity contribution in [3.05, 3.63) is 72.2 Å². The number of hydrogen-bond donors (Lipinski definition) is 0. The molecule has 0 unspecified atom stereocenters. The van der Waals surface area contributed by atoms with Crippen LogP contribution in [0.2, 0.25) is 0 Å². The third-order valence-electron chi connectivity index (χ3n) is 6.28. The fourth-order valence-electron chi connectivity index (χ4n) is 4.73. The van der Waals surface area contributed by atoms with Gasteiger partial charge in [0, 0.05) is 43.8 Å². The van der Waals surface area contributed by atoms with Crippen molar-refractivity contribution in [2.45, 2.75) is 18.9 Å². The molecule has 2 saturated heterocycles. The number of pyridine rings is 1. The Balaban J connectivity index is 1.41. The minimum atomic E-state index is 0.00656. The van der Waals surface area contributed by atoms with Gasteiger partial charge in [0.1, 0.15) is 5.82 Å². The molecule has 0 bridgehead atoms. The topological polar surface area (TPSA) is 86.0 Å². The molecule has 5 rings (SSSR count). The van der Waals surface area contributed by atoms with Gasteiger partial charge in [-0.25, -0.2) is 15.0 Å². The van der Waals surface area contributed by atoms with E-state index in [-0.39, 0.29) is 11.9 Å². The molecule has 2 atom stereocenters. The van der Waals surface area contributed by atoms with E-state index in [1.54, 1.807) is 30.7 Å². The Morgan fingerprint density at radius 2 is 1.81 bits per heavy atom. The summed E-state index contributed by atoms with van der Waals surface area (Å²) < 4.78 is 0. The Morgan fingerprint density at radius 3 is 2.65 bits per heavy atom. The van der Waals surface area contributed by atoms with Crippen molar-refractivity contribution in [1.82, 2.24) is 19.9 Å². The number of amides is 1. The predicted octanol–water partition coefficient (Wildman–Crippen LogP) is 3.15. The number of likely N-dealkylation sites (tertiary alicyclic amines) is 1. The summed E-state index contributed by atoms with van der Waals surface area (Å²) in [6.07, 6.45) is 7.11. The maximum absolute atomic E-state index is 13.5. The monoisotopic (exact) mass is 410 g/mol. The van der Waals surface area contributed by atoms with E-state index in [9.17, 15) is 10.1 Å². The average molecular weight is 410 g/mol. The average Bonchev–Trinajstić information content (AvgIpc) is 3.27. The minimum Gasteiger partial charge on any atom is -0.352 e. The second-order valence-electron chi connectivity index (χ2n) is 7.98. The second-order valence-corrected chi connectivity index (χ2v) is 7.98. The van der Waals surface area contributed by atoms with Gasteiger partial charge in [-0.15, -0.1) is 0 Å². The molecule has 0 saturated carbocycles. The van der Waals surface area contributed by atoms with Gasteiger partial charge >= 0.3 is 0 Å². The number of anilines is 1. The highest BCUT2D eigenvalue weighted by Crippen LogP contribution is 2.35. The molecular formula is C24H22N6O. The summed E-state index contributed by atoms with van der Waals surface area (Å²) in [4.78, 5) is 30.9. The highest BCUT2D eigenvalue weighted by atomic mass is 16.2. The van der Waals surface area contributed by atoms with Crippen LogP contribution in [0.25, 0.3) is 11.4 Å². The first kappa shape index (κ1) is 19.2. The van der Waals surface area contributed by atoms with Crippen molar-refractivity contribution in [3.8, 4) is 17.5 Å². The highest BCUT2D eigenvalue weighted by molar-refractivity contribution is 6.00. The maximum Gasteiger partial charge on any atom is 0.254 e. The van der Waals surface area contributed by atoms with Crippen LogP contribution in [-0.2, 0) is 0 Å². The first-order chi connectivity index (χ1) is 15.2. The van der Waals surface area contributed by atoms with E-state index >= 15 is 0 Å². The first-order valence-electron chi connectivity index (χ1n) is 10.5. The standard InChI is InChI=1S/C24H22N6O/c25-15-17-6-11-26-22(14-17)30-13-8-18-7-12-29(16-21(18)30)24(31)20-5-2-1-4-19(20)23-27-9-3-10-28-23/h1-6,9-11,14,18,21H,7-8,12-13,16H2/t18-,21-/m0/s1. The van der Waals surface area contributed by atoms with E-state index in [0.717, 1.165) is 37.3 Å². The molecule has 4 heterocycles. The van der Waals surface area contributed by atoms with Gasteiger partial charge in [0.2, 0.25) is 0 Å². The highest BCUT2D eigenvalue weighted by Gasteiger charge is 2.40. The van der Waals surface area contributed by atoms with Gasteiger partial charge in [0.05, 0.1) is 23.2 Å². The third-order valence-corrected chi connectivity index (χ3v) is 6.28. The van der Waals surface area contributed by atoms with Crippen LogP contribution in [0.1, 0.15) is 28.8 Å². The molecule has 0 radical (unpaired) electrons. The molecule has 1 aromatic carbocycles. The molecule has 7 heteroatoms. The summed E-state index contributed by atoms with van der Waals surface area (Å²) in [6, 6.07) is 15.3. The molecule has 2 aromatic heterocycles. The van der Waals surface area contributed by atoms with Crippen molar-refractivity contribution in [1.29, 1.82) is 5.26 Å². The van der Waals surface area contributed by atoms with Gasteiger partial charge in [-0.1, -0.05) is 18.2 Å². The van der Waals surface area contributed by atoms with Gasteiger partial charge < -0.3 is 9.80 Å². The fraction of sp³-hybridized carbons (Fsp3) is 0.292. The molecule has 7 nitrogen and oxygen atoms in total. The van der Waals surface area contributed by atoms with Crippen LogP contribution in [0, 0.1) is 17.2 Å². The molecule has 0 N–H and O–H groups in total. The first-order valence-corrected chi connectivity index (χ1v) is 10.5. The molecule has 2 fully saturated rings. The van der Waals surface area contributed by atoms with Crippen molar-refractivity contribution in [2.24, 2.45) is 5.92 Å². The molecular weight excluding hydrogens is 388 g/mol. The number of hydrogen-bond acceptors (Lipinski definition) is 6. The summed E-state index contributed by atoms with van der Waals surface area (Å²) >= 11 is 0. The number of fused-ring (bicyclic) bond motifs is 1. The van der Waals surface area contributed by atoms with Crippen molar-refractivity contribution >= 4 is 11.7 Å². The van der Waals surface area contributed by atoms with E-state index in [1.165, 1.54) is 0 Å². The van der Waals surface area contributed by atoms with Crippen LogP contribution in [0.4, 0.5) is 5.82 Å². The van der Waals surface area contributed by atoms with Gasteiger partial charge in [-0.2, -0.15) is 5.26 Å². The number of nitrogens with zero attached hydrogens (tertiary/aromatic N) is 6. The van der Waals surface area contributed by atoms with Crippen molar-refractivity contribution < 1.29 is 4.79 Å². The fourth-order valence-corrected chi connectivity index (χ4v) is 4.73. The normalized spacial score (nSPS) is 20.2. The third kappa shape index (κ3) is 3.61. The summed E-state index contributed by atoms with van der Waals surface area (Å²) in [6.45, 7) is 2.28. The molecule has 1 amide bonds. The quantitative estimate of drug-likeness (QED) is 0.659. The van der Waals surface area contributed by atoms with Crippen LogP contribution in [0.15, 0.2) is 61.1 Å². The van der Waals surface area contributed by atoms with E-state index in [2.05, 4.69) is 25.9 Å². The van der Waals surface area contributed by atoms with Gasteiger partial charge in [-0.3, -0.25) is 4.79 Å². The van der Waals surface area contributed by atoms with E-state index in [1.807, 2.05) is 35.2 Å². The molecule has 2 aliphatic heterocycles. The molecule has 3 aromatic rings. The van der Waals surface area contributed by atoms with Crippen LogP contribution in [0.3, 0.4) is 0 Å². The zero-order chi connectivity index (χ0) is 21.2. The Labute approximate surface area is 181 Å². The number of nitriles is 1. The van der Waals surface area contributed by atoms with E-state index in [0.29, 0.717) is 29.4 Å². The largest absolute Gasteiger partial charge is 0.352 e. The Morgan fingerprint density at radius 1 is 1.00 bits per heavy atom. The zero-order valence-electron chi connectivity index (χ0n) is 17.1. The maximum atomic E-state index is 13.5. The van der Waals surface area contributed by atoms with Crippen molar-refractivity contribution in [2.75, 3.05) is 24.5 Å². The number of benzene rings is 1. The lowest BCUT2D eigenvalue weighted by molar-refractivity contribution is 0.0679. The van der Waals surface area contributed by atoms with Gasteiger partial charge in [0.25, 0.3) is 5.91 Å². The number of piperidine rings is 1. The zero-order valence-corrected chi connectivity index (χ0v) is 17.1. The predicted molar refractivity (Wildman–Crippen MR) is 116 cm³/mol. The Bertz CT molecular complexity index is 1140. The number of carbonyl (C=O) groups is 1. The van der Waals surface area contributed by atoms with Crippen LogP contribution in [0.5, 0.6) is 0 Å². The smallest absolute Gasteiger partial charge is 0.254 e. The SMILES string of the molecule is N#Cc1ccnc(N2CC[C@@H]3CCN(C(=O)c4ccccc4-c4ncccn4)C[C@@H]32)c1. The number of rotatable bonds is 3. The lowest BCUT2D eigenvalue weighted by Gasteiger charge is -2.39. The van der Waals surface area contributed by atoms with Crippen LogP contribution < -0.4 is 4.90 Å². The van der Waals surface area contributed by atoms with Crippen LogP contribution >= 0.6 is 0 Å². The summed E-state index contributed by atoms with van der Waals surface area (Å²) in [5.74, 6) is 1.91. The number of carbonyl (C=O) groups excluding carboxylic acids is 1. The van der Waals surface area contributed by atoms with Crippen molar-refractivity contribution in [3.63, 3.8) is 0 Å². The van der Waals surface area contributed by atoms with Crippen LogP contribution in [-0.4, -0.2) is 51.4 Å². The molecule has 2 aliphatic rings. The minimum absolute atomic E-state index is 0.00656.